The van der Waals surface area contributed by atoms with E-state index in [-0.39, 0.29) is 0 Å². The van der Waals surface area contributed by atoms with Gasteiger partial charge in [0.2, 0.25) is 0 Å². The Morgan fingerprint density at radius 1 is 0.706 bits per heavy atom. The molecule has 34 heavy (non-hydrogen) atoms. The van der Waals surface area contributed by atoms with Crippen molar-refractivity contribution in [2.24, 2.45) is 0 Å². The highest BCUT2D eigenvalue weighted by molar-refractivity contribution is 7.70. The van der Waals surface area contributed by atoms with Gasteiger partial charge in [-0.2, -0.15) is 0 Å². The maximum atomic E-state index is 13.0. The van der Waals surface area contributed by atoms with Crippen LogP contribution in [0.25, 0.3) is 0 Å². The van der Waals surface area contributed by atoms with E-state index in [0.717, 1.165) is 23.5 Å². The lowest BCUT2D eigenvalue weighted by Gasteiger charge is -2.35. The van der Waals surface area contributed by atoms with E-state index in [1.54, 1.807) is 0 Å². The van der Waals surface area contributed by atoms with E-state index in [4.69, 9.17) is 0 Å². The van der Waals surface area contributed by atoms with Crippen LogP contribution in [-0.2, 0) is 16.6 Å². The SMILES string of the molecule is O=C(O)/C(Cc1ccccc1)=C1/P(c2ccccc2)CCC1(c1ccccc1)c1ccccc1. The first-order chi connectivity index (χ1) is 16.7. The lowest BCUT2D eigenvalue weighted by molar-refractivity contribution is -0.132. The second-order valence-electron chi connectivity index (χ2n) is 8.67. The van der Waals surface area contributed by atoms with E-state index in [2.05, 4.69) is 72.8 Å². The molecule has 4 aromatic carbocycles. The summed E-state index contributed by atoms with van der Waals surface area (Å²) in [5, 5.41) is 13.0. The average Bonchev–Trinajstić information content (AvgIpc) is 3.30. The van der Waals surface area contributed by atoms with Crippen LogP contribution in [0.1, 0.15) is 23.1 Å². The fraction of sp³-hybridized carbons (Fsp3) is 0.129. The zero-order valence-corrected chi connectivity index (χ0v) is 19.9. The predicted octanol–water partition coefficient (Wildman–Crippen LogP) is 6.77. The number of hydrogen-bond donors (Lipinski definition) is 1. The Bertz CT molecular complexity index is 1240. The third-order valence-corrected chi connectivity index (χ3v) is 9.54. The summed E-state index contributed by atoms with van der Waals surface area (Å²) in [7, 11) is -0.808. The van der Waals surface area contributed by atoms with Crippen LogP contribution in [0.15, 0.2) is 132 Å². The number of benzene rings is 4. The lowest BCUT2D eigenvalue weighted by atomic mass is 9.71. The van der Waals surface area contributed by atoms with Gasteiger partial charge in [-0.15, -0.1) is 0 Å². The van der Waals surface area contributed by atoms with E-state index in [1.807, 2.05) is 48.5 Å². The van der Waals surface area contributed by atoms with Gasteiger partial charge < -0.3 is 5.11 Å². The first-order valence-corrected chi connectivity index (χ1v) is 13.2. The topological polar surface area (TPSA) is 37.3 Å². The highest BCUT2D eigenvalue weighted by atomic mass is 31.1. The third-order valence-electron chi connectivity index (χ3n) is 6.75. The van der Waals surface area contributed by atoms with E-state index in [0.29, 0.717) is 12.0 Å². The number of carboxylic acid groups (broad SMARTS) is 1. The van der Waals surface area contributed by atoms with Gasteiger partial charge in [0.1, 0.15) is 0 Å². The molecular weight excluding hydrogens is 435 g/mol. The second kappa shape index (κ2) is 9.79. The summed E-state index contributed by atoms with van der Waals surface area (Å²) in [5.41, 5.74) is 3.43. The van der Waals surface area contributed by atoms with E-state index in [1.165, 1.54) is 16.4 Å². The number of hydrogen-bond acceptors (Lipinski definition) is 1. The van der Waals surface area contributed by atoms with Gasteiger partial charge in [-0.1, -0.05) is 121 Å². The van der Waals surface area contributed by atoms with Crippen LogP contribution in [-0.4, -0.2) is 17.2 Å². The first-order valence-electron chi connectivity index (χ1n) is 11.6. The summed E-state index contributed by atoms with van der Waals surface area (Å²) >= 11 is 0. The fourth-order valence-electron chi connectivity index (χ4n) is 5.26. The maximum Gasteiger partial charge on any atom is 0.332 e. The Hall–Kier alpha value is -3.48. The molecule has 1 fully saturated rings. The van der Waals surface area contributed by atoms with E-state index in [9.17, 15) is 9.90 Å². The minimum absolute atomic E-state index is 0.415. The zero-order chi connectivity index (χ0) is 23.4. The molecule has 168 valence electrons. The van der Waals surface area contributed by atoms with Crippen molar-refractivity contribution in [2.45, 2.75) is 18.3 Å². The van der Waals surface area contributed by atoms with Crippen LogP contribution in [0.5, 0.6) is 0 Å². The second-order valence-corrected chi connectivity index (χ2v) is 10.9. The average molecular weight is 463 g/mol. The molecule has 3 heteroatoms. The van der Waals surface area contributed by atoms with Crippen molar-refractivity contribution in [3.63, 3.8) is 0 Å². The standard InChI is InChI=1S/C31H27O2P/c32-30(33)28(23-24-13-5-1-6-14-24)29-31(25-15-7-2-8-16-25,26-17-9-3-10-18-26)21-22-34(29)27-19-11-4-12-20-27/h1-20H,21-23H2,(H,32,33)/b29-28+. The molecule has 4 aromatic rings. The smallest absolute Gasteiger partial charge is 0.332 e. The van der Waals surface area contributed by atoms with Crippen molar-refractivity contribution in [1.29, 1.82) is 0 Å². The van der Waals surface area contributed by atoms with Gasteiger partial charge in [-0.3, -0.25) is 0 Å². The van der Waals surface area contributed by atoms with Crippen molar-refractivity contribution in [1.82, 2.24) is 0 Å². The van der Waals surface area contributed by atoms with Crippen molar-refractivity contribution >= 4 is 19.2 Å². The van der Waals surface area contributed by atoms with Gasteiger partial charge in [0.05, 0.1) is 0 Å². The third kappa shape index (κ3) is 4.11. The molecule has 0 spiro atoms. The molecule has 0 aromatic heterocycles. The predicted molar refractivity (Wildman–Crippen MR) is 141 cm³/mol. The van der Waals surface area contributed by atoms with Crippen LogP contribution in [0, 0.1) is 0 Å². The summed E-state index contributed by atoms with van der Waals surface area (Å²) in [4.78, 5) is 13.0. The Morgan fingerprint density at radius 3 is 1.68 bits per heavy atom. The quantitative estimate of drug-likeness (QED) is 0.254. The number of carboxylic acids is 1. The molecule has 0 saturated carbocycles. The van der Waals surface area contributed by atoms with Gasteiger partial charge in [0, 0.05) is 17.4 Å². The van der Waals surface area contributed by atoms with Gasteiger partial charge in [-0.25, -0.2) is 4.79 Å². The molecule has 2 nitrogen and oxygen atoms in total. The molecule has 1 aliphatic heterocycles. The van der Waals surface area contributed by atoms with Gasteiger partial charge in [0.25, 0.3) is 0 Å². The lowest BCUT2D eigenvalue weighted by Crippen LogP contribution is -2.29. The number of carbonyl (C=O) groups is 1. The molecule has 0 amide bonds. The molecule has 1 heterocycles. The first kappa shape index (κ1) is 22.3. The monoisotopic (exact) mass is 462 g/mol. The van der Waals surface area contributed by atoms with Crippen molar-refractivity contribution in [2.75, 3.05) is 6.16 Å². The number of rotatable bonds is 6. The van der Waals surface area contributed by atoms with Gasteiger partial charge >= 0.3 is 5.97 Å². The van der Waals surface area contributed by atoms with E-state index >= 15 is 0 Å². The largest absolute Gasteiger partial charge is 0.478 e. The van der Waals surface area contributed by atoms with Crippen molar-refractivity contribution < 1.29 is 9.90 Å². The summed E-state index contributed by atoms with van der Waals surface area (Å²) < 4.78 is 0. The molecule has 1 atom stereocenters. The summed E-state index contributed by atoms with van der Waals surface area (Å²) in [6, 6.07) is 41.5. The van der Waals surface area contributed by atoms with Crippen LogP contribution in [0.2, 0.25) is 0 Å². The Balaban J connectivity index is 1.83. The molecule has 5 rings (SSSR count). The van der Waals surface area contributed by atoms with Gasteiger partial charge in [0.15, 0.2) is 0 Å². The molecule has 1 saturated heterocycles. The summed E-state index contributed by atoms with van der Waals surface area (Å²) in [6.07, 6.45) is 2.27. The van der Waals surface area contributed by atoms with Crippen molar-refractivity contribution in [3.8, 4) is 0 Å². The molecule has 1 aliphatic rings. The number of allylic oxidation sites excluding steroid dienone is 1. The van der Waals surface area contributed by atoms with Crippen LogP contribution >= 0.6 is 7.92 Å². The normalized spacial score (nSPS) is 18.4. The Morgan fingerprint density at radius 2 is 1.18 bits per heavy atom. The van der Waals surface area contributed by atoms with Crippen molar-refractivity contribution in [3.05, 3.63) is 149 Å². The van der Waals surface area contributed by atoms with Crippen LogP contribution < -0.4 is 5.30 Å². The maximum absolute atomic E-state index is 13.0. The molecule has 1 unspecified atom stereocenters. The van der Waals surface area contributed by atoms with Crippen LogP contribution in [0.4, 0.5) is 0 Å². The molecule has 1 N–H and O–H groups in total. The van der Waals surface area contributed by atoms with Gasteiger partial charge in [-0.05, 0) is 47.8 Å². The minimum atomic E-state index is -0.819. The Labute approximate surface area is 202 Å². The summed E-state index contributed by atoms with van der Waals surface area (Å²) in [6.45, 7) is 0. The molecule has 0 bridgehead atoms. The zero-order valence-electron chi connectivity index (χ0n) is 19.0. The minimum Gasteiger partial charge on any atom is -0.478 e. The molecule has 0 radical (unpaired) electrons. The molecular formula is C31H27O2P. The highest BCUT2D eigenvalue weighted by Gasteiger charge is 2.49. The van der Waals surface area contributed by atoms with E-state index < -0.39 is 19.3 Å². The Kier molecular flexibility index (Phi) is 6.43. The highest BCUT2D eigenvalue weighted by Crippen LogP contribution is 2.65. The molecule has 0 aliphatic carbocycles. The van der Waals surface area contributed by atoms with Crippen LogP contribution in [0.3, 0.4) is 0 Å². The number of aliphatic carboxylic acids is 1. The summed E-state index contributed by atoms with van der Waals surface area (Å²) in [5.74, 6) is -0.819. The fourth-order valence-corrected chi connectivity index (χ4v) is 8.42.